The quantitative estimate of drug-likeness (QED) is 0.563. The summed E-state index contributed by atoms with van der Waals surface area (Å²) in [5, 5.41) is 9.24. The number of piperazine rings is 1. The summed E-state index contributed by atoms with van der Waals surface area (Å²) in [4.78, 5) is 33.8. The molecule has 1 aromatic heterocycles. The zero-order valence-electron chi connectivity index (χ0n) is 19.6. The fourth-order valence-corrected chi connectivity index (χ4v) is 4.05. The summed E-state index contributed by atoms with van der Waals surface area (Å²) < 4.78 is 18.7. The Kier molecular flexibility index (Phi) is 7.26. The van der Waals surface area contributed by atoms with Crippen molar-refractivity contribution >= 4 is 17.7 Å². The normalized spacial score (nSPS) is 16.1. The van der Waals surface area contributed by atoms with Crippen molar-refractivity contribution in [1.29, 1.82) is 0 Å². The first-order valence-electron chi connectivity index (χ1n) is 11.3. The van der Waals surface area contributed by atoms with Gasteiger partial charge in [-0.1, -0.05) is 18.2 Å². The Labute approximate surface area is 203 Å². The van der Waals surface area contributed by atoms with Crippen LogP contribution >= 0.6 is 0 Å². The monoisotopic (exact) mass is 478 g/mol. The van der Waals surface area contributed by atoms with Crippen LogP contribution in [0.15, 0.2) is 66.7 Å². The van der Waals surface area contributed by atoms with Crippen LogP contribution in [0.25, 0.3) is 0 Å². The van der Waals surface area contributed by atoms with Gasteiger partial charge in [-0.2, -0.15) is 0 Å². The Bertz CT molecular complexity index is 1190. The smallest absolute Gasteiger partial charge is 0.407 e. The first-order valence-corrected chi connectivity index (χ1v) is 11.3. The van der Waals surface area contributed by atoms with Crippen molar-refractivity contribution in [3.63, 3.8) is 0 Å². The summed E-state index contributed by atoms with van der Waals surface area (Å²) in [6, 6.07) is 18.1. The highest BCUT2D eigenvalue weighted by molar-refractivity contribution is 6.04. The number of anilines is 1. The molecule has 1 N–H and O–H groups in total. The standard InChI is InChI=1S/C26H27FN4O4/c1-18-16-30(14-15-31(18)26(33)34)17-19-6-10-21(11-7-19)29(2)25(32)23-4-3-5-24(28-23)35-22-12-8-20(27)9-13-22/h3-13,18H,14-17H2,1-2H3,(H,33,34)/t18-/m0/s1. The zero-order valence-corrected chi connectivity index (χ0v) is 19.6. The molecule has 8 nitrogen and oxygen atoms in total. The number of rotatable bonds is 6. The van der Waals surface area contributed by atoms with Gasteiger partial charge in [-0.15, -0.1) is 0 Å². The maximum Gasteiger partial charge on any atom is 0.407 e. The zero-order chi connectivity index (χ0) is 24.9. The van der Waals surface area contributed by atoms with Crippen LogP contribution in [0.5, 0.6) is 11.6 Å². The Morgan fingerprint density at radius 2 is 1.80 bits per heavy atom. The molecule has 1 aliphatic rings. The minimum atomic E-state index is -0.878. The summed E-state index contributed by atoms with van der Waals surface area (Å²) in [5.41, 5.74) is 2.02. The minimum absolute atomic E-state index is 0.0559. The van der Waals surface area contributed by atoms with Crippen LogP contribution in [-0.4, -0.2) is 64.6 Å². The molecule has 2 heterocycles. The fourth-order valence-electron chi connectivity index (χ4n) is 4.05. The molecule has 1 fully saturated rings. The third kappa shape index (κ3) is 5.93. The number of pyridine rings is 1. The van der Waals surface area contributed by atoms with Gasteiger partial charge in [-0.25, -0.2) is 14.2 Å². The SMILES string of the molecule is C[C@H]1CN(Cc2ccc(N(C)C(=O)c3cccc(Oc4ccc(F)cc4)n3)cc2)CCN1C(=O)O. The van der Waals surface area contributed by atoms with Crippen LogP contribution in [0.1, 0.15) is 23.0 Å². The van der Waals surface area contributed by atoms with Crippen LogP contribution in [-0.2, 0) is 6.54 Å². The molecule has 2 amide bonds. The van der Waals surface area contributed by atoms with Crippen LogP contribution < -0.4 is 9.64 Å². The Balaban J connectivity index is 1.38. The number of carbonyl (C=O) groups is 2. The van der Waals surface area contributed by atoms with E-state index in [-0.39, 0.29) is 29.3 Å². The molecular formula is C26H27FN4O4. The number of halogens is 1. The molecule has 3 aromatic rings. The number of amides is 2. The molecule has 35 heavy (non-hydrogen) atoms. The fraction of sp³-hybridized carbons (Fsp3) is 0.269. The number of carbonyl (C=O) groups excluding carboxylic acids is 1. The first-order chi connectivity index (χ1) is 16.8. The summed E-state index contributed by atoms with van der Waals surface area (Å²) in [5.74, 6) is 0.00719. The molecule has 0 saturated carbocycles. The van der Waals surface area contributed by atoms with Gasteiger partial charge < -0.3 is 19.6 Å². The molecule has 9 heteroatoms. The number of benzene rings is 2. The van der Waals surface area contributed by atoms with Gasteiger partial charge in [0.1, 0.15) is 17.3 Å². The van der Waals surface area contributed by atoms with Crippen molar-refractivity contribution in [3.8, 4) is 11.6 Å². The Morgan fingerprint density at radius 3 is 2.46 bits per heavy atom. The summed E-state index contributed by atoms with van der Waals surface area (Å²) in [7, 11) is 1.68. The number of carboxylic acid groups (broad SMARTS) is 1. The van der Waals surface area contributed by atoms with Crippen molar-refractivity contribution in [2.24, 2.45) is 0 Å². The lowest BCUT2D eigenvalue weighted by molar-refractivity contribution is 0.0711. The largest absolute Gasteiger partial charge is 0.465 e. The van der Waals surface area contributed by atoms with Crippen molar-refractivity contribution in [3.05, 3.63) is 83.8 Å². The number of hydrogen-bond donors (Lipinski definition) is 1. The van der Waals surface area contributed by atoms with E-state index < -0.39 is 6.09 Å². The lowest BCUT2D eigenvalue weighted by Crippen LogP contribution is -2.53. The highest BCUT2D eigenvalue weighted by Crippen LogP contribution is 2.22. The highest BCUT2D eigenvalue weighted by Gasteiger charge is 2.27. The van der Waals surface area contributed by atoms with E-state index in [1.165, 1.54) is 34.1 Å². The van der Waals surface area contributed by atoms with Crippen molar-refractivity contribution in [2.75, 3.05) is 31.6 Å². The number of aromatic nitrogens is 1. The van der Waals surface area contributed by atoms with Gasteiger partial charge in [-0.05, 0) is 55.0 Å². The average Bonchev–Trinajstić information content (AvgIpc) is 2.85. The molecule has 0 spiro atoms. The Morgan fingerprint density at radius 1 is 1.09 bits per heavy atom. The van der Waals surface area contributed by atoms with Crippen molar-refractivity contribution in [1.82, 2.24) is 14.8 Å². The minimum Gasteiger partial charge on any atom is -0.465 e. The predicted molar refractivity (Wildman–Crippen MR) is 129 cm³/mol. The van der Waals surface area contributed by atoms with E-state index in [9.17, 15) is 19.1 Å². The number of nitrogens with zero attached hydrogens (tertiary/aromatic N) is 4. The van der Waals surface area contributed by atoms with E-state index in [2.05, 4.69) is 9.88 Å². The van der Waals surface area contributed by atoms with Crippen molar-refractivity contribution in [2.45, 2.75) is 19.5 Å². The number of hydrogen-bond acceptors (Lipinski definition) is 5. The Hall–Kier alpha value is -3.98. The highest BCUT2D eigenvalue weighted by atomic mass is 19.1. The van der Waals surface area contributed by atoms with Crippen LogP contribution in [0.3, 0.4) is 0 Å². The molecular weight excluding hydrogens is 451 g/mol. The van der Waals surface area contributed by atoms with Gasteiger partial charge in [0.25, 0.3) is 5.91 Å². The lowest BCUT2D eigenvalue weighted by atomic mass is 10.1. The van der Waals surface area contributed by atoms with Gasteiger partial charge in [0.15, 0.2) is 0 Å². The summed E-state index contributed by atoms with van der Waals surface area (Å²) in [6.07, 6.45) is -0.878. The van der Waals surface area contributed by atoms with Crippen LogP contribution in [0.4, 0.5) is 14.9 Å². The second-order valence-electron chi connectivity index (χ2n) is 8.51. The van der Waals surface area contributed by atoms with Gasteiger partial charge >= 0.3 is 6.09 Å². The van der Waals surface area contributed by atoms with Crippen LogP contribution in [0.2, 0.25) is 0 Å². The second kappa shape index (κ2) is 10.5. The molecule has 4 rings (SSSR count). The molecule has 1 aliphatic heterocycles. The third-order valence-electron chi connectivity index (χ3n) is 5.97. The molecule has 1 saturated heterocycles. The average molecular weight is 479 g/mol. The first kappa shape index (κ1) is 24.2. The molecule has 0 bridgehead atoms. The molecule has 0 aliphatic carbocycles. The van der Waals surface area contributed by atoms with Gasteiger partial charge in [0, 0.05) is 51.0 Å². The molecule has 2 aromatic carbocycles. The van der Waals surface area contributed by atoms with E-state index in [0.717, 1.165) is 11.3 Å². The van der Waals surface area contributed by atoms with Crippen molar-refractivity contribution < 1.29 is 23.8 Å². The molecule has 0 unspecified atom stereocenters. The maximum absolute atomic E-state index is 13.1. The van der Waals surface area contributed by atoms with Gasteiger partial charge in [-0.3, -0.25) is 9.69 Å². The van der Waals surface area contributed by atoms with Gasteiger partial charge in [0.2, 0.25) is 5.88 Å². The molecule has 182 valence electrons. The van der Waals surface area contributed by atoms with E-state index in [1.54, 1.807) is 25.2 Å². The maximum atomic E-state index is 13.1. The predicted octanol–water partition coefficient (Wildman–Crippen LogP) is 4.47. The van der Waals surface area contributed by atoms with Gasteiger partial charge in [0.05, 0.1) is 0 Å². The summed E-state index contributed by atoms with van der Waals surface area (Å²) in [6.45, 7) is 4.47. The summed E-state index contributed by atoms with van der Waals surface area (Å²) >= 11 is 0. The lowest BCUT2D eigenvalue weighted by Gasteiger charge is -2.38. The molecule has 1 atom stereocenters. The van der Waals surface area contributed by atoms with E-state index in [1.807, 2.05) is 31.2 Å². The topological polar surface area (TPSA) is 86.2 Å². The third-order valence-corrected chi connectivity index (χ3v) is 5.97. The van der Waals surface area contributed by atoms with E-state index in [4.69, 9.17) is 4.74 Å². The van der Waals surface area contributed by atoms with Crippen LogP contribution in [0, 0.1) is 5.82 Å². The molecule has 0 radical (unpaired) electrons. The van der Waals surface area contributed by atoms with E-state index >= 15 is 0 Å². The second-order valence-corrected chi connectivity index (χ2v) is 8.51. The number of ether oxygens (including phenoxy) is 1. The van der Waals surface area contributed by atoms with E-state index in [0.29, 0.717) is 31.9 Å².